The van der Waals surface area contributed by atoms with Crippen molar-refractivity contribution in [1.82, 2.24) is 4.90 Å². The molecule has 2 aromatic rings. The van der Waals surface area contributed by atoms with E-state index in [2.05, 4.69) is 4.74 Å². The largest absolute Gasteiger partial charge is 0.493 e. The fourth-order valence-corrected chi connectivity index (χ4v) is 3.53. The summed E-state index contributed by atoms with van der Waals surface area (Å²) in [6.45, 7) is 2.17. The number of nitrogens with zero attached hydrogens (tertiary/aromatic N) is 1. The number of thioether (sulfide) groups is 1. The molecule has 0 saturated carbocycles. The summed E-state index contributed by atoms with van der Waals surface area (Å²) < 4.78 is 21.0. The number of methoxy groups -OCH3 is 2. The quantitative estimate of drug-likeness (QED) is 0.497. The SMILES string of the molecule is CCN1C(=O)SC(=Cc2ccc(OCc3ccc(C(=O)OC)o3)c(OC)c2)C1=O. The van der Waals surface area contributed by atoms with Crippen molar-refractivity contribution in [3.05, 3.63) is 52.3 Å². The van der Waals surface area contributed by atoms with E-state index >= 15 is 0 Å². The Bertz CT molecular complexity index is 979. The predicted molar refractivity (Wildman–Crippen MR) is 106 cm³/mol. The van der Waals surface area contributed by atoms with Gasteiger partial charge < -0.3 is 18.6 Å². The molecule has 0 radical (unpaired) electrons. The maximum atomic E-state index is 12.2. The Kier molecular flexibility index (Phi) is 6.28. The van der Waals surface area contributed by atoms with Crippen LogP contribution in [0.2, 0.25) is 0 Å². The van der Waals surface area contributed by atoms with Gasteiger partial charge in [0.2, 0.25) is 5.76 Å². The van der Waals surface area contributed by atoms with E-state index in [0.29, 0.717) is 34.3 Å². The van der Waals surface area contributed by atoms with Gasteiger partial charge in [-0.25, -0.2) is 4.79 Å². The number of hydrogen-bond donors (Lipinski definition) is 0. The van der Waals surface area contributed by atoms with E-state index in [1.54, 1.807) is 37.3 Å². The molecule has 0 spiro atoms. The first-order valence-electron chi connectivity index (χ1n) is 8.70. The number of imide groups is 1. The van der Waals surface area contributed by atoms with E-state index in [0.717, 1.165) is 11.8 Å². The summed E-state index contributed by atoms with van der Waals surface area (Å²) in [5.41, 5.74) is 0.696. The standard InChI is InChI=1S/C20H19NO7S/c1-4-21-18(22)17(29-20(21)24)10-12-5-7-14(16(9-12)25-2)27-11-13-6-8-15(28-13)19(23)26-3/h5-10H,4,11H2,1-3H3. The van der Waals surface area contributed by atoms with Crippen molar-refractivity contribution in [3.63, 3.8) is 0 Å². The summed E-state index contributed by atoms with van der Waals surface area (Å²) in [5, 5.41) is -0.277. The monoisotopic (exact) mass is 417 g/mol. The fourth-order valence-electron chi connectivity index (χ4n) is 2.63. The van der Waals surface area contributed by atoms with Gasteiger partial charge in [0, 0.05) is 6.54 Å². The molecule has 1 aliphatic heterocycles. The molecule has 0 atom stereocenters. The molecule has 8 nitrogen and oxygen atoms in total. The number of esters is 1. The molecule has 1 aromatic heterocycles. The van der Waals surface area contributed by atoms with Gasteiger partial charge in [-0.15, -0.1) is 0 Å². The molecule has 2 heterocycles. The van der Waals surface area contributed by atoms with Crippen LogP contribution in [-0.4, -0.2) is 42.8 Å². The first-order chi connectivity index (χ1) is 14.0. The van der Waals surface area contributed by atoms with Crippen LogP contribution in [0, 0.1) is 0 Å². The number of carbonyl (C=O) groups excluding carboxylic acids is 3. The number of ether oxygens (including phenoxy) is 3. The van der Waals surface area contributed by atoms with Crippen LogP contribution in [0.3, 0.4) is 0 Å². The van der Waals surface area contributed by atoms with E-state index in [1.807, 2.05) is 0 Å². The van der Waals surface area contributed by atoms with E-state index in [4.69, 9.17) is 13.9 Å². The number of likely N-dealkylation sites (N-methyl/N-ethyl adjacent to an activating group) is 1. The van der Waals surface area contributed by atoms with Crippen molar-refractivity contribution in [2.45, 2.75) is 13.5 Å². The van der Waals surface area contributed by atoms with Gasteiger partial charge in [-0.05, 0) is 54.6 Å². The van der Waals surface area contributed by atoms with E-state index < -0.39 is 5.97 Å². The lowest BCUT2D eigenvalue weighted by Gasteiger charge is -2.10. The van der Waals surface area contributed by atoms with E-state index in [-0.39, 0.29) is 23.5 Å². The molecular weight excluding hydrogens is 398 g/mol. The van der Waals surface area contributed by atoms with E-state index in [1.165, 1.54) is 25.2 Å². The lowest BCUT2D eigenvalue weighted by atomic mass is 10.2. The fraction of sp³-hybridized carbons (Fsp3) is 0.250. The highest BCUT2D eigenvalue weighted by Crippen LogP contribution is 2.34. The molecule has 152 valence electrons. The summed E-state index contributed by atoms with van der Waals surface area (Å²) in [6, 6.07) is 8.28. The van der Waals surface area contributed by atoms with Gasteiger partial charge in [-0.1, -0.05) is 6.07 Å². The Morgan fingerprint density at radius 2 is 1.97 bits per heavy atom. The van der Waals surface area contributed by atoms with Gasteiger partial charge in [0.1, 0.15) is 12.4 Å². The smallest absolute Gasteiger partial charge is 0.373 e. The summed E-state index contributed by atoms with van der Waals surface area (Å²) in [7, 11) is 2.77. The van der Waals surface area contributed by atoms with Crippen molar-refractivity contribution in [2.75, 3.05) is 20.8 Å². The molecular formula is C20H19NO7S. The second-order valence-electron chi connectivity index (χ2n) is 5.88. The second-order valence-corrected chi connectivity index (χ2v) is 6.88. The lowest BCUT2D eigenvalue weighted by Crippen LogP contribution is -2.27. The van der Waals surface area contributed by atoms with Crippen LogP contribution in [0.25, 0.3) is 6.08 Å². The van der Waals surface area contributed by atoms with Crippen LogP contribution in [0.5, 0.6) is 11.5 Å². The molecule has 1 saturated heterocycles. The van der Waals surface area contributed by atoms with Crippen molar-refractivity contribution in [2.24, 2.45) is 0 Å². The minimum Gasteiger partial charge on any atom is -0.493 e. The number of amides is 2. The first-order valence-corrected chi connectivity index (χ1v) is 9.51. The van der Waals surface area contributed by atoms with Crippen LogP contribution in [0.15, 0.2) is 39.7 Å². The molecule has 1 aliphatic rings. The summed E-state index contributed by atoms with van der Waals surface area (Å²) in [4.78, 5) is 37.0. The van der Waals surface area contributed by atoms with E-state index in [9.17, 15) is 14.4 Å². The molecule has 1 aromatic carbocycles. The average molecular weight is 417 g/mol. The predicted octanol–water partition coefficient (Wildman–Crippen LogP) is 3.71. The van der Waals surface area contributed by atoms with Gasteiger partial charge >= 0.3 is 5.97 Å². The molecule has 0 unspecified atom stereocenters. The first kappa shape index (κ1) is 20.5. The van der Waals surface area contributed by atoms with Crippen LogP contribution in [0.4, 0.5) is 4.79 Å². The zero-order valence-electron chi connectivity index (χ0n) is 16.1. The average Bonchev–Trinajstić information content (AvgIpc) is 3.30. The van der Waals surface area contributed by atoms with Crippen molar-refractivity contribution in [3.8, 4) is 11.5 Å². The molecule has 2 amide bonds. The Labute approximate surface area is 171 Å². The minimum atomic E-state index is -0.564. The van der Waals surface area contributed by atoms with Gasteiger partial charge in [-0.2, -0.15) is 0 Å². The molecule has 9 heteroatoms. The van der Waals surface area contributed by atoms with Crippen LogP contribution in [0.1, 0.15) is 28.8 Å². The third kappa shape index (κ3) is 4.45. The molecule has 29 heavy (non-hydrogen) atoms. The zero-order valence-corrected chi connectivity index (χ0v) is 16.9. The Morgan fingerprint density at radius 1 is 1.17 bits per heavy atom. The molecule has 3 rings (SSSR count). The van der Waals surface area contributed by atoms with Gasteiger partial charge in [-0.3, -0.25) is 14.5 Å². The van der Waals surface area contributed by atoms with Crippen LogP contribution < -0.4 is 9.47 Å². The number of furan rings is 1. The maximum absolute atomic E-state index is 12.2. The number of carbonyl (C=O) groups is 3. The van der Waals surface area contributed by atoms with Gasteiger partial charge in [0.25, 0.3) is 11.1 Å². The Balaban J connectivity index is 1.73. The molecule has 1 fully saturated rings. The number of rotatable bonds is 7. The molecule has 0 bridgehead atoms. The summed E-state index contributed by atoms with van der Waals surface area (Å²) >= 11 is 0.909. The third-order valence-corrected chi connectivity index (χ3v) is 5.00. The Hall–Kier alpha value is -3.20. The Morgan fingerprint density at radius 3 is 2.62 bits per heavy atom. The van der Waals surface area contributed by atoms with Crippen molar-refractivity contribution >= 4 is 35.0 Å². The molecule has 0 aliphatic carbocycles. The highest BCUT2D eigenvalue weighted by atomic mass is 32.2. The highest BCUT2D eigenvalue weighted by molar-refractivity contribution is 8.18. The zero-order chi connectivity index (χ0) is 21.0. The molecule has 0 N–H and O–H groups in total. The van der Waals surface area contributed by atoms with Gasteiger partial charge in [0.05, 0.1) is 19.1 Å². The van der Waals surface area contributed by atoms with Crippen LogP contribution >= 0.6 is 11.8 Å². The minimum absolute atomic E-state index is 0.0854. The van der Waals surface area contributed by atoms with Crippen molar-refractivity contribution in [1.29, 1.82) is 0 Å². The maximum Gasteiger partial charge on any atom is 0.373 e. The topological polar surface area (TPSA) is 95.3 Å². The highest BCUT2D eigenvalue weighted by Gasteiger charge is 2.33. The number of hydrogen-bond acceptors (Lipinski definition) is 8. The summed E-state index contributed by atoms with van der Waals surface area (Å²) in [5.74, 6) is 0.585. The van der Waals surface area contributed by atoms with Crippen molar-refractivity contribution < 1.29 is 33.0 Å². The normalized spacial score (nSPS) is 15.1. The second kappa shape index (κ2) is 8.87. The number of benzene rings is 1. The van der Waals surface area contributed by atoms with Gasteiger partial charge in [0.15, 0.2) is 11.5 Å². The summed E-state index contributed by atoms with van der Waals surface area (Å²) in [6.07, 6.45) is 1.64. The third-order valence-electron chi connectivity index (χ3n) is 4.09. The lowest BCUT2D eigenvalue weighted by molar-refractivity contribution is -0.122. The van der Waals surface area contributed by atoms with Crippen LogP contribution in [-0.2, 0) is 16.1 Å².